The molecule has 0 saturated carbocycles. The molecule has 7 nitrogen and oxygen atoms in total. The van der Waals surface area contributed by atoms with Gasteiger partial charge < -0.3 is 14.7 Å². The number of amides is 1. The Morgan fingerprint density at radius 3 is 2.64 bits per heavy atom. The van der Waals surface area contributed by atoms with E-state index >= 15 is 0 Å². The molecular formula is C15H13Cl2N3O4S. The van der Waals surface area contributed by atoms with E-state index in [9.17, 15) is 13.2 Å². The van der Waals surface area contributed by atoms with E-state index in [0.29, 0.717) is 26.5 Å². The molecular weight excluding hydrogens is 389 g/mol. The summed E-state index contributed by atoms with van der Waals surface area (Å²) in [5.41, 5.74) is 1.10. The number of nitrogens with one attached hydrogen (secondary N) is 3. The van der Waals surface area contributed by atoms with Crippen molar-refractivity contribution in [2.75, 3.05) is 11.8 Å². The number of aromatic amines is 1. The molecule has 1 amide bonds. The largest absolute Gasteiger partial charge is 0.437 e. The van der Waals surface area contributed by atoms with Crippen LogP contribution in [0.5, 0.6) is 0 Å². The molecule has 1 aromatic carbocycles. The number of sulfonamides is 1. The summed E-state index contributed by atoms with van der Waals surface area (Å²) in [5, 5.41) is 3.28. The number of anilines is 1. The van der Waals surface area contributed by atoms with Crippen LogP contribution in [0.3, 0.4) is 0 Å². The number of carbonyl (C=O) groups excluding carboxylic acids is 1. The molecule has 10 heteroatoms. The first kappa shape index (κ1) is 17.7. The topological polar surface area (TPSA) is 104 Å². The Kier molecular flexibility index (Phi) is 4.44. The van der Waals surface area contributed by atoms with Crippen molar-refractivity contribution in [1.82, 2.24) is 10.3 Å². The normalized spacial score (nSPS) is 11.7. The van der Waals surface area contributed by atoms with Gasteiger partial charge in [-0.05, 0) is 19.1 Å². The van der Waals surface area contributed by atoms with E-state index in [2.05, 4.69) is 15.0 Å². The Bertz CT molecular complexity index is 1090. The van der Waals surface area contributed by atoms with Crippen LogP contribution in [0.25, 0.3) is 10.9 Å². The van der Waals surface area contributed by atoms with Crippen LogP contribution in [0.2, 0.25) is 10.0 Å². The summed E-state index contributed by atoms with van der Waals surface area (Å²) in [6.07, 6.45) is 1.51. The molecule has 0 radical (unpaired) electrons. The second-order valence-electron chi connectivity index (χ2n) is 5.24. The number of H-pyrrole nitrogens is 1. The van der Waals surface area contributed by atoms with Crippen LogP contribution in [0.1, 0.15) is 16.1 Å². The van der Waals surface area contributed by atoms with Gasteiger partial charge in [0.1, 0.15) is 0 Å². The second kappa shape index (κ2) is 6.29. The van der Waals surface area contributed by atoms with Crippen molar-refractivity contribution in [3.05, 3.63) is 45.8 Å². The van der Waals surface area contributed by atoms with Crippen molar-refractivity contribution in [3.63, 3.8) is 0 Å². The fourth-order valence-electron chi connectivity index (χ4n) is 2.37. The lowest BCUT2D eigenvalue weighted by molar-refractivity contribution is 0.0929. The van der Waals surface area contributed by atoms with Gasteiger partial charge >= 0.3 is 0 Å². The first-order valence-corrected chi connectivity index (χ1v) is 9.29. The molecule has 2 heterocycles. The Balaban J connectivity index is 2.03. The molecule has 3 rings (SSSR count). The third-order valence-electron chi connectivity index (χ3n) is 3.57. The van der Waals surface area contributed by atoms with Gasteiger partial charge in [-0.3, -0.25) is 9.52 Å². The zero-order valence-corrected chi connectivity index (χ0v) is 15.4. The molecule has 0 fully saturated rings. The highest BCUT2D eigenvalue weighted by Gasteiger charge is 2.25. The first-order chi connectivity index (χ1) is 11.7. The van der Waals surface area contributed by atoms with Gasteiger partial charge in [0, 0.05) is 30.3 Å². The lowest BCUT2D eigenvalue weighted by Crippen LogP contribution is -2.18. The molecule has 25 heavy (non-hydrogen) atoms. The number of aromatic nitrogens is 1. The summed E-state index contributed by atoms with van der Waals surface area (Å²) in [7, 11) is -2.63. The molecule has 2 aromatic heterocycles. The summed E-state index contributed by atoms with van der Waals surface area (Å²) in [4.78, 5) is 14.6. The number of halogens is 2. The minimum Gasteiger partial charge on any atom is -0.437 e. The molecule has 0 spiro atoms. The lowest BCUT2D eigenvalue weighted by atomic mass is 10.2. The summed E-state index contributed by atoms with van der Waals surface area (Å²) < 4.78 is 32.8. The number of carbonyl (C=O) groups is 1. The van der Waals surface area contributed by atoms with Gasteiger partial charge in [-0.2, -0.15) is 8.42 Å². The van der Waals surface area contributed by atoms with Crippen molar-refractivity contribution in [2.24, 2.45) is 0 Å². The number of hydrogen-bond donors (Lipinski definition) is 3. The van der Waals surface area contributed by atoms with Crippen LogP contribution in [-0.4, -0.2) is 26.4 Å². The van der Waals surface area contributed by atoms with E-state index in [4.69, 9.17) is 27.6 Å². The van der Waals surface area contributed by atoms with Gasteiger partial charge in [0.15, 0.2) is 5.76 Å². The van der Waals surface area contributed by atoms with E-state index in [1.54, 1.807) is 6.92 Å². The number of rotatable bonds is 4. The third-order valence-corrected chi connectivity index (χ3v) is 5.41. The van der Waals surface area contributed by atoms with E-state index in [1.165, 1.54) is 31.4 Å². The second-order valence-corrected chi connectivity index (χ2v) is 7.67. The van der Waals surface area contributed by atoms with Crippen molar-refractivity contribution in [3.8, 4) is 0 Å². The van der Waals surface area contributed by atoms with E-state index in [-0.39, 0.29) is 16.5 Å². The number of furan rings is 1. The van der Waals surface area contributed by atoms with Crippen molar-refractivity contribution >= 4 is 55.7 Å². The SMILES string of the molecule is CNC(=O)c1oc(S(=O)(=O)Nc2ccc(Cl)c3c(Cl)c[nH]c23)cc1C. The minimum absolute atomic E-state index is 0.0629. The maximum atomic E-state index is 12.6. The highest BCUT2D eigenvalue weighted by molar-refractivity contribution is 7.92. The average Bonchev–Trinajstić information content (AvgIpc) is 3.14. The smallest absolute Gasteiger partial charge is 0.295 e. The van der Waals surface area contributed by atoms with Crippen LogP contribution >= 0.6 is 23.2 Å². The lowest BCUT2D eigenvalue weighted by Gasteiger charge is -2.08. The van der Waals surface area contributed by atoms with Crippen LogP contribution in [-0.2, 0) is 10.0 Å². The maximum Gasteiger partial charge on any atom is 0.295 e. The summed E-state index contributed by atoms with van der Waals surface area (Å²) in [6.45, 7) is 1.58. The summed E-state index contributed by atoms with van der Waals surface area (Å²) in [6, 6.07) is 4.32. The fraction of sp³-hybridized carbons (Fsp3) is 0.133. The summed E-state index contributed by atoms with van der Waals surface area (Å²) >= 11 is 12.2. The maximum absolute atomic E-state index is 12.6. The average molecular weight is 402 g/mol. The van der Waals surface area contributed by atoms with Crippen LogP contribution in [0.15, 0.2) is 33.9 Å². The standard InChI is InChI=1S/C15H13Cl2N3O4S/c1-7-5-11(24-14(7)15(21)18-2)25(22,23)20-10-4-3-8(16)12-9(17)6-19-13(10)12/h3-6,19-20H,1-2H3,(H,18,21). The number of fused-ring (bicyclic) bond motifs is 1. The van der Waals surface area contributed by atoms with Crippen LogP contribution in [0.4, 0.5) is 5.69 Å². The first-order valence-electron chi connectivity index (χ1n) is 7.05. The van der Waals surface area contributed by atoms with Gasteiger partial charge in [-0.1, -0.05) is 23.2 Å². The van der Waals surface area contributed by atoms with Gasteiger partial charge in [-0.25, -0.2) is 0 Å². The zero-order chi connectivity index (χ0) is 18.4. The van der Waals surface area contributed by atoms with E-state index in [1.807, 2.05) is 0 Å². The van der Waals surface area contributed by atoms with Crippen molar-refractivity contribution in [1.29, 1.82) is 0 Å². The van der Waals surface area contributed by atoms with E-state index in [0.717, 1.165) is 0 Å². The van der Waals surface area contributed by atoms with Gasteiger partial charge in [0.2, 0.25) is 5.09 Å². The highest BCUT2D eigenvalue weighted by atomic mass is 35.5. The zero-order valence-electron chi connectivity index (χ0n) is 13.1. The molecule has 0 saturated heterocycles. The molecule has 0 atom stereocenters. The predicted molar refractivity (Wildman–Crippen MR) is 96.0 cm³/mol. The van der Waals surface area contributed by atoms with Crippen molar-refractivity contribution in [2.45, 2.75) is 12.0 Å². The highest BCUT2D eigenvalue weighted by Crippen LogP contribution is 2.35. The number of aryl methyl sites for hydroxylation is 1. The molecule has 3 aromatic rings. The molecule has 3 N–H and O–H groups in total. The van der Waals surface area contributed by atoms with Gasteiger partial charge in [0.25, 0.3) is 15.9 Å². The molecule has 0 aliphatic rings. The minimum atomic E-state index is -4.05. The van der Waals surface area contributed by atoms with Crippen molar-refractivity contribution < 1.29 is 17.6 Å². The molecule has 0 bridgehead atoms. The van der Waals surface area contributed by atoms with Crippen LogP contribution < -0.4 is 10.0 Å². The van der Waals surface area contributed by atoms with Gasteiger partial charge in [-0.15, -0.1) is 0 Å². The van der Waals surface area contributed by atoms with Crippen LogP contribution in [0, 0.1) is 6.92 Å². The third kappa shape index (κ3) is 3.08. The number of hydrogen-bond acceptors (Lipinski definition) is 4. The number of benzene rings is 1. The Labute approximate surface area is 153 Å². The molecule has 132 valence electrons. The predicted octanol–water partition coefficient (Wildman–Crippen LogP) is 3.54. The fourth-order valence-corrected chi connectivity index (χ4v) is 4.02. The van der Waals surface area contributed by atoms with Gasteiger partial charge in [0.05, 0.1) is 21.2 Å². The van der Waals surface area contributed by atoms with E-state index < -0.39 is 15.9 Å². The quantitative estimate of drug-likeness (QED) is 0.621. The monoisotopic (exact) mass is 401 g/mol. The summed E-state index contributed by atoms with van der Waals surface area (Å²) in [5.74, 6) is -0.573. The molecule has 0 aliphatic heterocycles. The Morgan fingerprint density at radius 1 is 1.24 bits per heavy atom. The Morgan fingerprint density at radius 2 is 1.96 bits per heavy atom. The molecule has 0 unspecified atom stereocenters. The Hall–Kier alpha value is -2.16. The molecule has 0 aliphatic carbocycles.